The van der Waals surface area contributed by atoms with E-state index in [4.69, 9.17) is 0 Å². The van der Waals surface area contributed by atoms with Gasteiger partial charge in [0.05, 0.1) is 5.69 Å². The highest BCUT2D eigenvalue weighted by Crippen LogP contribution is 2.31. The predicted molar refractivity (Wildman–Crippen MR) is 67.5 cm³/mol. The van der Waals surface area contributed by atoms with Gasteiger partial charge in [0, 0.05) is 25.9 Å². The highest BCUT2D eigenvalue weighted by Gasteiger charge is 2.26. The van der Waals surface area contributed by atoms with Crippen LogP contribution in [0.4, 0.5) is 0 Å². The molecule has 1 aromatic heterocycles. The summed E-state index contributed by atoms with van der Waals surface area (Å²) < 4.78 is 1.91. The zero-order valence-corrected chi connectivity index (χ0v) is 10.8. The number of rotatable bonds is 5. The molecule has 17 heavy (non-hydrogen) atoms. The Hall–Kier alpha value is -0.870. The maximum Gasteiger partial charge on any atom is 0.0547 e. The van der Waals surface area contributed by atoms with Gasteiger partial charge in [-0.05, 0) is 44.2 Å². The second-order valence-corrected chi connectivity index (χ2v) is 5.14. The lowest BCUT2D eigenvalue weighted by Gasteiger charge is -2.21. The smallest absolute Gasteiger partial charge is 0.0547 e. The lowest BCUT2D eigenvalue weighted by molar-refractivity contribution is 0.190. The average Bonchev–Trinajstić information content (AvgIpc) is 2.94. The van der Waals surface area contributed by atoms with E-state index < -0.39 is 0 Å². The van der Waals surface area contributed by atoms with E-state index in [-0.39, 0.29) is 0 Å². The van der Waals surface area contributed by atoms with Gasteiger partial charge >= 0.3 is 0 Å². The van der Waals surface area contributed by atoms with Gasteiger partial charge in [0.15, 0.2) is 0 Å². The van der Waals surface area contributed by atoms with Gasteiger partial charge in [-0.1, -0.05) is 6.42 Å². The van der Waals surface area contributed by atoms with E-state index in [1.165, 1.54) is 25.0 Å². The first-order chi connectivity index (χ1) is 8.22. The molecule has 3 unspecified atom stereocenters. The molecule has 0 aliphatic heterocycles. The first-order valence-electron chi connectivity index (χ1n) is 6.54. The van der Waals surface area contributed by atoms with Crippen LogP contribution >= 0.6 is 0 Å². The van der Waals surface area contributed by atoms with Crippen LogP contribution < -0.4 is 5.32 Å². The van der Waals surface area contributed by atoms with Crippen LogP contribution in [0.3, 0.4) is 0 Å². The number of aliphatic hydroxyl groups excluding tert-OH is 1. The Bertz CT molecular complexity index is 350. The minimum absolute atomic E-state index is 0.322. The first-order valence-corrected chi connectivity index (χ1v) is 6.54. The molecular formula is C13H23N3O. The van der Waals surface area contributed by atoms with Crippen molar-refractivity contribution < 1.29 is 5.11 Å². The van der Waals surface area contributed by atoms with Gasteiger partial charge in [0.1, 0.15) is 0 Å². The van der Waals surface area contributed by atoms with Crippen molar-refractivity contribution in [1.82, 2.24) is 15.1 Å². The van der Waals surface area contributed by atoms with Crippen molar-refractivity contribution in [2.24, 2.45) is 18.9 Å². The SMILES string of the molecule is CC(NCC1CCCC1CO)c1ccnn1C. The van der Waals surface area contributed by atoms with E-state index >= 15 is 0 Å². The number of aliphatic hydroxyl groups is 1. The van der Waals surface area contributed by atoms with Crippen LogP contribution in [0.5, 0.6) is 0 Å². The first kappa shape index (κ1) is 12.6. The van der Waals surface area contributed by atoms with Gasteiger partial charge in [0.25, 0.3) is 0 Å². The largest absolute Gasteiger partial charge is 0.396 e. The maximum absolute atomic E-state index is 9.29. The Morgan fingerprint density at radius 2 is 2.29 bits per heavy atom. The number of nitrogens with one attached hydrogen (secondary N) is 1. The summed E-state index contributed by atoms with van der Waals surface area (Å²) in [6.45, 7) is 3.50. The Morgan fingerprint density at radius 3 is 2.94 bits per heavy atom. The fraction of sp³-hybridized carbons (Fsp3) is 0.769. The summed E-state index contributed by atoms with van der Waals surface area (Å²) in [5.74, 6) is 1.14. The zero-order chi connectivity index (χ0) is 12.3. The molecule has 0 radical (unpaired) electrons. The van der Waals surface area contributed by atoms with E-state index in [2.05, 4.69) is 23.4 Å². The van der Waals surface area contributed by atoms with Gasteiger partial charge in [-0.3, -0.25) is 4.68 Å². The highest BCUT2D eigenvalue weighted by molar-refractivity contribution is 5.05. The summed E-state index contributed by atoms with van der Waals surface area (Å²) in [6, 6.07) is 2.37. The Balaban J connectivity index is 1.84. The minimum atomic E-state index is 0.322. The van der Waals surface area contributed by atoms with Crippen molar-refractivity contribution in [3.8, 4) is 0 Å². The molecule has 2 rings (SSSR count). The topological polar surface area (TPSA) is 50.1 Å². The molecule has 4 nitrogen and oxygen atoms in total. The molecule has 1 aromatic rings. The van der Waals surface area contributed by atoms with Gasteiger partial charge in [-0.15, -0.1) is 0 Å². The van der Waals surface area contributed by atoms with Crippen molar-refractivity contribution in [3.05, 3.63) is 18.0 Å². The molecule has 3 atom stereocenters. The fourth-order valence-corrected chi connectivity index (χ4v) is 2.86. The van der Waals surface area contributed by atoms with Crippen molar-refractivity contribution in [3.63, 3.8) is 0 Å². The molecule has 4 heteroatoms. The third-order valence-electron chi connectivity index (χ3n) is 4.04. The van der Waals surface area contributed by atoms with Gasteiger partial charge in [-0.2, -0.15) is 5.10 Å². The average molecular weight is 237 g/mol. The van der Waals surface area contributed by atoms with Gasteiger partial charge in [-0.25, -0.2) is 0 Å². The van der Waals surface area contributed by atoms with E-state index in [0.29, 0.717) is 24.5 Å². The molecule has 0 aromatic carbocycles. The molecule has 0 spiro atoms. The minimum Gasteiger partial charge on any atom is -0.396 e. The van der Waals surface area contributed by atoms with E-state index in [9.17, 15) is 5.11 Å². The van der Waals surface area contributed by atoms with E-state index in [0.717, 1.165) is 6.54 Å². The summed E-state index contributed by atoms with van der Waals surface area (Å²) in [6.07, 6.45) is 5.52. The standard InChI is InChI=1S/C13H23N3O/c1-10(13-6-7-15-16(13)2)14-8-11-4-3-5-12(11)9-17/h6-7,10-12,14,17H,3-5,8-9H2,1-2H3. The molecule has 1 heterocycles. The summed E-state index contributed by atoms with van der Waals surface area (Å²) in [7, 11) is 1.97. The maximum atomic E-state index is 9.29. The number of aryl methyl sites for hydroxylation is 1. The Labute approximate surface area is 103 Å². The monoisotopic (exact) mass is 237 g/mol. The Kier molecular flexibility index (Phi) is 4.18. The molecule has 1 fully saturated rings. The van der Waals surface area contributed by atoms with Crippen LogP contribution in [-0.2, 0) is 7.05 Å². The van der Waals surface area contributed by atoms with Crippen molar-refractivity contribution in [2.75, 3.05) is 13.2 Å². The van der Waals surface area contributed by atoms with Crippen LogP contribution in [-0.4, -0.2) is 28.0 Å². The third kappa shape index (κ3) is 2.87. The highest BCUT2D eigenvalue weighted by atomic mass is 16.3. The van der Waals surface area contributed by atoms with Crippen molar-refractivity contribution >= 4 is 0 Å². The molecular weight excluding hydrogens is 214 g/mol. The molecule has 0 bridgehead atoms. The van der Waals surface area contributed by atoms with Crippen LogP contribution in [0, 0.1) is 11.8 Å². The van der Waals surface area contributed by atoms with Crippen LogP contribution in [0.15, 0.2) is 12.3 Å². The molecule has 96 valence electrons. The van der Waals surface area contributed by atoms with Crippen LogP contribution in [0.25, 0.3) is 0 Å². The number of nitrogens with zero attached hydrogens (tertiary/aromatic N) is 2. The van der Waals surface area contributed by atoms with Gasteiger partial charge < -0.3 is 10.4 Å². The quantitative estimate of drug-likeness (QED) is 0.815. The second-order valence-electron chi connectivity index (χ2n) is 5.14. The normalized spacial score (nSPS) is 26.3. The lowest BCUT2D eigenvalue weighted by Crippen LogP contribution is -2.29. The second kappa shape index (κ2) is 5.65. The predicted octanol–water partition coefficient (Wildman–Crippen LogP) is 1.48. The summed E-state index contributed by atoms with van der Waals surface area (Å²) >= 11 is 0. The number of aromatic nitrogens is 2. The van der Waals surface area contributed by atoms with Crippen molar-refractivity contribution in [2.45, 2.75) is 32.2 Å². The van der Waals surface area contributed by atoms with Gasteiger partial charge in [0.2, 0.25) is 0 Å². The Morgan fingerprint density at radius 1 is 1.53 bits per heavy atom. The molecule has 1 aliphatic rings. The fourth-order valence-electron chi connectivity index (χ4n) is 2.86. The molecule has 1 saturated carbocycles. The lowest BCUT2D eigenvalue weighted by atomic mass is 9.96. The summed E-state index contributed by atoms with van der Waals surface area (Å²) in [5.41, 5.74) is 1.21. The zero-order valence-electron chi connectivity index (χ0n) is 10.8. The molecule has 0 saturated heterocycles. The van der Waals surface area contributed by atoms with Crippen LogP contribution in [0.2, 0.25) is 0 Å². The number of hydrogen-bond acceptors (Lipinski definition) is 3. The molecule has 0 amide bonds. The third-order valence-corrected chi connectivity index (χ3v) is 4.04. The number of hydrogen-bond donors (Lipinski definition) is 2. The van der Waals surface area contributed by atoms with E-state index in [1.54, 1.807) is 0 Å². The molecule has 1 aliphatic carbocycles. The van der Waals surface area contributed by atoms with Crippen LogP contribution in [0.1, 0.15) is 37.9 Å². The summed E-state index contributed by atoms with van der Waals surface area (Å²) in [4.78, 5) is 0. The van der Waals surface area contributed by atoms with E-state index in [1.807, 2.05) is 17.9 Å². The van der Waals surface area contributed by atoms with Crippen molar-refractivity contribution in [1.29, 1.82) is 0 Å². The summed E-state index contributed by atoms with van der Waals surface area (Å²) in [5, 5.41) is 17.0. The molecule has 2 N–H and O–H groups in total.